The molecule has 5 heteroatoms. The molecule has 22 heavy (non-hydrogen) atoms. The van der Waals surface area contributed by atoms with Crippen molar-refractivity contribution in [2.24, 2.45) is 0 Å². The summed E-state index contributed by atoms with van der Waals surface area (Å²) in [5, 5.41) is 10.0. The van der Waals surface area contributed by atoms with Crippen LogP contribution in [0.1, 0.15) is 34.1 Å². The number of aryl methyl sites for hydroxylation is 1. The fourth-order valence-corrected chi connectivity index (χ4v) is 2.92. The van der Waals surface area contributed by atoms with Gasteiger partial charge in [0.2, 0.25) is 0 Å². The van der Waals surface area contributed by atoms with Crippen molar-refractivity contribution in [3.63, 3.8) is 0 Å². The first-order valence-electron chi connectivity index (χ1n) is 7.26. The molecule has 1 aliphatic rings. The molecule has 3 rings (SSSR count). The minimum Gasteiger partial charge on any atom is -0.497 e. The Hall–Kier alpha value is -2.27. The Bertz CT molecular complexity index is 679. The number of aliphatic hydroxyl groups excluding tert-OH is 1. The molecule has 1 fully saturated rings. The van der Waals surface area contributed by atoms with Gasteiger partial charge >= 0.3 is 0 Å². The molecule has 0 spiro atoms. The number of nitrogens with zero attached hydrogens (tertiary/aromatic N) is 1. The molecule has 5 nitrogen and oxygen atoms in total. The number of ether oxygens (including phenoxy) is 1. The zero-order valence-electron chi connectivity index (χ0n) is 12.7. The van der Waals surface area contributed by atoms with Crippen LogP contribution in [0.25, 0.3) is 0 Å². The van der Waals surface area contributed by atoms with Gasteiger partial charge in [-0.25, -0.2) is 0 Å². The summed E-state index contributed by atoms with van der Waals surface area (Å²) in [6, 6.07) is 9.17. The molecule has 2 aromatic rings. The second-order valence-corrected chi connectivity index (χ2v) is 5.59. The largest absolute Gasteiger partial charge is 0.497 e. The minimum atomic E-state index is -0.520. The number of benzene rings is 1. The maximum atomic E-state index is 12.7. The van der Waals surface area contributed by atoms with Gasteiger partial charge in [0.15, 0.2) is 0 Å². The monoisotopic (exact) mass is 301 g/mol. The highest BCUT2D eigenvalue weighted by molar-refractivity contribution is 5.94. The summed E-state index contributed by atoms with van der Waals surface area (Å²) >= 11 is 0. The second kappa shape index (κ2) is 5.85. The molecule has 1 aliphatic heterocycles. The third kappa shape index (κ3) is 2.72. The van der Waals surface area contributed by atoms with E-state index in [4.69, 9.17) is 9.15 Å². The normalized spacial score (nSPS) is 21.1. The van der Waals surface area contributed by atoms with Gasteiger partial charge in [0.25, 0.3) is 5.91 Å². The zero-order chi connectivity index (χ0) is 15.7. The predicted molar refractivity (Wildman–Crippen MR) is 80.8 cm³/mol. The number of amides is 1. The summed E-state index contributed by atoms with van der Waals surface area (Å²) in [6.45, 7) is 2.13. The molecule has 1 N–H and O–H groups in total. The van der Waals surface area contributed by atoms with Crippen LogP contribution in [-0.4, -0.2) is 35.7 Å². The summed E-state index contributed by atoms with van der Waals surface area (Å²) in [7, 11) is 1.61. The maximum absolute atomic E-state index is 12.7. The average molecular weight is 301 g/mol. The van der Waals surface area contributed by atoms with Crippen LogP contribution in [0, 0.1) is 6.92 Å². The number of methoxy groups -OCH3 is 1. The number of hydrogen-bond donors (Lipinski definition) is 1. The van der Waals surface area contributed by atoms with E-state index < -0.39 is 6.10 Å². The lowest BCUT2D eigenvalue weighted by Gasteiger charge is -2.24. The highest BCUT2D eigenvalue weighted by Crippen LogP contribution is 2.34. The molecule has 1 amide bonds. The highest BCUT2D eigenvalue weighted by Gasteiger charge is 2.36. The molecule has 0 saturated carbocycles. The molecular weight excluding hydrogens is 282 g/mol. The average Bonchev–Trinajstić information content (AvgIpc) is 3.12. The molecule has 0 bridgehead atoms. The Labute approximate surface area is 129 Å². The van der Waals surface area contributed by atoms with Crippen molar-refractivity contribution < 1.29 is 19.1 Å². The van der Waals surface area contributed by atoms with E-state index >= 15 is 0 Å². The van der Waals surface area contributed by atoms with Gasteiger partial charge in [0.05, 0.1) is 24.8 Å². The SMILES string of the molecule is COc1cccc([C@H]2C[C@@H](O)CN2C(=O)c2coc(C)c2)c1. The van der Waals surface area contributed by atoms with E-state index in [1.165, 1.54) is 6.26 Å². The van der Waals surface area contributed by atoms with Gasteiger partial charge in [-0.1, -0.05) is 12.1 Å². The van der Waals surface area contributed by atoms with E-state index in [9.17, 15) is 9.90 Å². The zero-order valence-corrected chi connectivity index (χ0v) is 12.7. The number of aliphatic hydroxyl groups is 1. The third-order valence-electron chi connectivity index (χ3n) is 4.00. The molecule has 2 heterocycles. The van der Waals surface area contributed by atoms with Crippen molar-refractivity contribution in [3.8, 4) is 5.75 Å². The Balaban J connectivity index is 1.90. The van der Waals surface area contributed by atoms with Crippen molar-refractivity contribution >= 4 is 5.91 Å². The summed E-state index contributed by atoms with van der Waals surface area (Å²) < 4.78 is 10.5. The molecule has 0 aliphatic carbocycles. The van der Waals surface area contributed by atoms with E-state index in [-0.39, 0.29) is 11.9 Å². The Morgan fingerprint density at radius 1 is 1.41 bits per heavy atom. The molecule has 1 saturated heterocycles. The lowest BCUT2D eigenvalue weighted by atomic mass is 10.0. The van der Waals surface area contributed by atoms with E-state index in [0.29, 0.717) is 24.3 Å². The molecule has 116 valence electrons. The van der Waals surface area contributed by atoms with Crippen molar-refractivity contribution in [3.05, 3.63) is 53.5 Å². The van der Waals surface area contributed by atoms with Crippen LogP contribution in [0.5, 0.6) is 5.75 Å². The Kier molecular flexibility index (Phi) is 3.90. The first kappa shape index (κ1) is 14.7. The number of rotatable bonds is 3. The van der Waals surface area contributed by atoms with Crippen LogP contribution in [0.15, 0.2) is 41.0 Å². The topological polar surface area (TPSA) is 62.9 Å². The minimum absolute atomic E-state index is 0.124. The van der Waals surface area contributed by atoms with Crippen LogP contribution in [0.3, 0.4) is 0 Å². The van der Waals surface area contributed by atoms with Crippen LogP contribution in [-0.2, 0) is 0 Å². The number of carbonyl (C=O) groups excluding carboxylic acids is 1. The Morgan fingerprint density at radius 2 is 2.23 bits per heavy atom. The van der Waals surface area contributed by atoms with Crippen LogP contribution < -0.4 is 4.74 Å². The summed E-state index contributed by atoms with van der Waals surface area (Å²) in [5.74, 6) is 1.31. The molecular formula is C17H19NO4. The van der Waals surface area contributed by atoms with Gasteiger partial charge in [0.1, 0.15) is 17.8 Å². The van der Waals surface area contributed by atoms with Gasteiger partial charge in [-0.2, -0.15) is 0 Å². The van der Waals surface area contributed by atoms with Crippen LogP contribution >= 0.6 is 0 Å². The first-order valence-corrected chi connectivity index (χ1v) is 7.26. The number of β-amino-alcohol motifs (C(OH)–C–C–N with tert-alkyl or cyclic N) is 1. The smallest absolute Gasteiger partial charge is 0.257 e. The Morgan fingerprint density at radius 3 is 2.91 bits per heavy atom. The fourth-order valence-electron chi connectivity index (χ4n) is 2.92. The molecule has 1 aromatic carbocycles. The van der Waals surface area contributed by atoms with E-state index in [2.05, 4.69) is 0 Å². The number of hydrogen-bond acceptors (Lipinski definition) is 4. The third-order valence-corrected chi connectivity index (χ3v) is 4.00. The van der Waals surface area contributed by atoms with Gasteiger partial charge in [-0.05, 0) is 37.1 Å². The standard InChI is InChI=1S/C17H19NO4/c1-11-6-13(10-22-11)17(20)18-9-14(19)8-16(18)12-4-3-5-15(7-12)21-2/h3-7,10,14,16,19H,8-9H2,1-2H3/t14-,16-/m1/s1. The highest BCUT2D eigenvalue weighted by atomic mass is 16.5. The van der Waals surface area contributed by atoms with Gasteiger partial charge in [0, 0.05) is 6.54 Å². The summed E-state index contributed by atoms with van der Waals surface area (Å²) in [5.41, 5.74) is 1.48. The quantitative estimate of drug-likeness (QED) is 0.946. The molecule has 1 aromatic heterocycles. The molecule has 0 unspecified atom stereocenters. The molecule has 2 atom stereocenters. The second-order valence-electron chi connectivity index (χ2n) is 5.59. The van der Waals surface area contributed by atoms with Gasteiger partial charge in [-0.15, -0.1) is 0 Å². The summed E-state index contributed by atoms with van der Waals surface area (Å²) in [4.78, 5) is 14.4. The molecule has 0 radical (unpaired) electrons. The van der Waals surface area contributed by atoms with Crippen molar-refractivity contribution in [2.75, 3.05) is 13.7 Å². The number of carbonyl (C=O) groups is 1. The van der Waals surface area contributed by atoms with Crippen LogP contribution in [0.2, 0.25) is 0 Å². The number of likely N-dealkylation sites (tertiary alicyclic amines) is 1. The van der Waals surface area contributed by atoms with E-state index in [1.807, 2.05) is 24.3 Å². The maximum Gasteiger partial charge on any atom is 0.257 e. The lowest BCUT2D eigenvalue weighted by molar-refractivity contribution is 0.0715. The van der Waals surface area contributed by atoms with Gasteiger partial charge < -0.3 is 19.2 Å². The van der Waals surface area contributed by atoms with Crippen molar-refractivity contribution in [1.29, 1.82) is 0 Å². The van der Waals surface area contributed by atoms with Crippen molar-refractivity contribution in [2.45, 2.75) is 25.5 Å². The van der Waals surface area contributed by atoms with E-state index in [0.717, 1.165) is 11.3 Å². The number of furan rings is 1. The summed E-state index contributed by atoms with van der Waals surface area (Å²) in [6.07, 6.45) is 1.47. The first-order chi connectivity index (χ1) is 10.6. The predicted octanol–water partition coefficient (Wildman–Crippen LogP) is 2.54. The lowest BCUT2D eigenvalue weighted by Crippen LogP contribution is -2.31. The van der Waals surface area contributed by atoms with Crippen LogP contribution in [0.4, 0.5) is 0 Å². The van der Waals surface area contributed by atoms with Gasteiger partial charge in [-0.3, -0.25) is 4.79 Å². The van der Waals surface area contributed by atoms with E-state index in [1.54, 1.807) is 25.0 Å². The van der Waals surface area contributed by atoms with Crippen molar-refractivity contribution in [1.82, 2.24) is 4.90 Å². The fraction of sp³-hybridized carbons (Fsp3) is 0.353.